The summed E-state index contributed by atoms with van der Waals surface area (Å²) >= 11 is 0. The van der Waals surface area contributed by atoms with Crippen LogP contribution < -0.4 is 0 Å². The quantitative estimate of drug-likeness (QED) is 0.0489. The Morgan fingerprint density at radius 2 is 1.10 bits per heavy atom. The zero-order chi connectivity index (χ0) is 34.9. The van der Waals surface area contributed by atoms with Crippen molar-refractivity contribution >= 4 is 49.6 Å². The van der Waals surface area contributed by atoms with Crippen LogP contribution in [0.5, 0.6) is 0 Å². The largest absolute Gasteiger partial charge is 0.462 e. The highest BCUT2D eigenvalue weighted by molar-refractivity contribution is 6.09. The Morgan fingerprint density at radius 3 is 1.58 bits per heavy atom. The monoisotopic (exact) mass is 669 g/mol. The van der Waals surface area contributed by atoms with Gasteiger partial charge in [0.2, 0.25) is 0 Å². The number of nitrogens with zero attached hydrogens (tertiary/aromatic N) is 3. The van der Waals surface area contributed by atoms with Gasteiger partial charge in [0.1, 0.15) is 0 Å². The highest BCUT2D eigenvalue weighted by atomic mass is 16.5. The molecule has 0 bridgehead atoms. The molecule has 0 aliphatic heterocycles. The third kappa shape index (κ3) is 8.16. The van der Waals surface area contributed by atoms with Gasteiger partial charge >= 0.3 is 5.97 Å². The third-order valence-corrected chi connectivity index (χ3v) is 10.2. The molecule has 6 rings (SSSR count). The topological polar surface area (TPSA) is 39.4 Å². The molecular weight excluding hydrogens is 615 g/mol. The standard InChI is InChI=1S/C45H55N3O2/c1-5-7-9-15-27-47-41-20-13-11-18-37(41)39-30-35(22-24-43(39)47)32-46(26-17-29-50-45(49)34(3)4)33-36-23-25-44-40(31-36)38-19-12-14-21-42(38)48(44)28-16-10-8-6-2/h11-14,18-25,30-31H,3,5-10,15-17,26-29,32-33H2,1-2,4H3. The van der Waals surface area contributed by atoms with Gasteiger partial charge in [0.15, 0.2) is 0 Å². The van der Waals surface area contributed by atoms with Crippen molar-refractivity contribution in [3.63, 3.8) is 0 Å². The zero-order valence-corrected chi connectivity index (χ0v) is 30.6. The molecule has 5 heteroatoms. The number of unbranched alkanes of at least 4 members (excludes halogenated alkanes) is 6. The Morgan fingerprint density at radius 1 is 0.620 bits per heavy atom. The number of para-hydroxylation sites is 2. The van der Waals surface area contributed by atoms with Crippen molar-refractivity contribution in [2.24, 2.45) is 0 Å². The molecule has 0 fully saturated rings. The average molecular weight is 670 g/mol. The van der Waals surface area contributed by atoms with Crippen molar-refractivity contribution < 1.29 is 9.53 Å². The molecule has 2 heterocycles. The smallest absolute Gasteiger partial charge is 0.333 e. The summed E-state index contributed by atoms with van der Waals surface area (Å²) in [5, 5.41) is 5.32. The van der Waals surface area contributed by atoms with Crippen LogP contribution in [-0.4, -0.2) is 33.2 Å². The van der Waals surface area contributed by atoms with Gasteiger partial charge < -0.3 is 13.9 Å². The summed E-state index contributed by atoms with van der Waals surface area (Å²) < 4.78 is 10.5. The van der Waals surface area contributed by atoms with Gasteiger partial charge in [-0.15, -0.1) is 0 Å². The summed E-state index contributed by atoms with van der Waals surface area (Å²) in [6, 6.07) is 31.8. The number of rotatable bonds is 19. The number of aromatic nitrogens is 2. The van der Waals surface area contributed by atoms with Crippen molar-refractivity contribution in [1.29, 1.82) is 0 Å². The van der Waals surface area contributed by atoms with Gasteiger partial charge in [-0.25, -0.2) is 4.79 Å². The van der Waals surface area contributed by atoms with E-state index in [0.717, 1.165) is 39.1 Å². The SMILES string of the molecule is C=C(C)C(=O)OCCCN(Cc1ccc2c(c1)c1ccccc1n2CCCCCC)Cc1ccc2c(c1)c1ccccc1n2CCCCCC. The number of ether oxygens (including phenoxy) is 1. The number of aryl methyl sites for hydroxylation is 2. The van der Waals surface area contributed by atoms with Crippen molar-refractivity contribution in [2.45, 2.75) is 105 Å². The van der Waals surface area contributed by atoms with E-state index in [-0.39, 0.29) is 5.97 Å². The van der Waals surface area contributed by atoms with Gasteiger partial charge in [-0.2, -0.15) is 0 Å². The lowest BCUT2D eigenvalue weighted by atomic mass is 10.1. The maximum absolute atomic E-state index is 12.1. The fourth-order valence-corrected chi connectivity index (χ4v) is 7.58. The molecule has 0 aliphatic carbocycles. The predicted octanol–water partition coefficient (Wildman–Crippen LogP) is 11.6. The molecule has 0 spiro atoms. The van der Waals surface area contributed by atoms with Gasteiger partial charge in [0, 0.05) is 81.9 Å². The lowest BCUT2D eigenvalue weighted by Gasteiger charge is -2.23. The Labute approximate surface area is 298 Å². The molecule has 0 unspecified atom stereocenters. The van der Waals surface area contributed by atoms with Gasteiger partial charge in [0.05, 0.1) is 6.61 Å². The number of fused-ring (bicyclic) bond motifs is 6. The van der Waals surface area contributed by atoms with Gasteiger partial charge in [-0.3, -0.25) is 4.90 Å². The number of carbonyl (C=O) groups excluding carboxylic acids is 1. The molecule has 5 nitrogen and oxygen atoms in total. The van der Waals surface area contributed by atoms with Crippen molar-refractivity contribution in [1.82, 2.24) is 14.0 Å². The number of benzene rings is 4. The molecule has 262 valence electrons. The first kappa shape index (κ1) is 35.5. The minimum absolute atomic E-state index is 0.315. The van der Waals surface area contributed by atoms with Crippen LogP contribution in [0.2, 0.25) is 0 Å². The molecule has 0 N–H and O–H groups in total. The van der Waals surface area contributed by atoms with E-state index >= 15 is 0 Å². The highest BCUT2D eigenvalue weighted by Gasteiger charge is 2.16. The van der Waals surface area contributed by atoms with Gasteiger partial charge in [0.25, 0.3) is 0 Å². The van der Waals surface area contributed by atoms with Crippen molar-refractivity contribution in [3.8, 4) is 0 Å². The maximum atomic E-state index is 12.1. The molecule has 4 aromatic carbocycles. The second kappa shape index (κ2) is 17.0. The van der Waals surface area contributed by atoms with Crippen LogP contribution in [-0.2, 0) is 35.7 Å². The number of hydrogen-bond donors (Lipinski definition) is 0. The van der Waals surface area contributed by atoms with Gasteiger partial charge in [-0.1, -0.05) is 107 Å². The van der Waals surface area contributed by atoms with E-state index < -0.39 is 0 Å². The number of carbonyl (C=O) groups is 1. The molecular formula is C45H55N3O2. The predicted molar refractivity (Wildman–Crippen MR) is 212 cm³/mol. The van der Waals surface area contributed by atoms with Crippen LogP contribution in [0.25, 0.3) is 43.6 Å². The first-order valence-corrected chi connectivity index (χ1v) is 19.0. The van der Waals surface area contributed by atoms with Crippen molar-refractivity contribution in [3.05, 3.63) is 108 Å². The van der Waals surface area contributed by atoms with Crippen LogP contribution in [0.4, 0.5) is 0 Å². The highest BCUT2D eigenvalue weighted by Crippen LogP contribution is 2.33. The lowest BCUT2D eigenvalue weighted by Crippen LogP contribution is -2.25. The fraction of sp³-hybridized carbons (Fsp3) is 0.400. The Balaban J connectivity index is 1.28. The van der Waals surface area contributed by atoms with Crippen LogP contribution in [0.3, 0.4) is 0 Å². The van der Waals surface area contributed by atoms with Crippen LogP contribution in [0, 0.1) is 0 Å². The van der Waals surface area contributed by atoms with Crippen LogP contribution in [0.15, 0.2) is 97.1 Å². The summed E-state index contributed by atoms with van der Waals surface area (Å²) in [5.74, 6) is -0.315. The molecule has 0 aliphatic rings. The van der Waals surface area contributed by atoms with Gasteiger partial charge in [-0.05, 0) is 73.7 Å². The molecule has 0 saturated carbocycles. The molecule has 0 saturated heterocycles. The minimum atomic E-state index is -0.315. The lowest BCUT2D eigenvalue weighted by molar-refractivity contribution is -0.139. The maximum Gasteiger partial charge on any atom is 0.333 e. The van der Waals surface area contributed by atoms with Crippen LogP contribution >= 0.6 is 0 Å². The summed E-state index contributed by atoms with van der Waals surface area (Å²) in [6.07, 6.45) is 10.8. The molecule has 0 amide bonds. The summed E-state index contributed by atoms with van der Waals surface area (Å²) in [6.45, 7) is 14.9. The van der Waals surface area contributed by atoms with E-state index in [2.05, 4.69) is 119 Å². The second-order valence-electron chi connectivity index (χ2n) is 14.1. The molecule has 6 aromatic rings. The number of esters is 1. The molecule has 2 aromatic heterocycles. The molecule has 50 heavy (non-hydrogen) atoms. The Kier molecular flexibility index (Phi) is 12.1. The van der Waals surface area contributed by atoms with E-state index in [0.29, 0.717) is 12.2 Å². The first-order chi connectivity index (χ1) is 24.5. The first-order valence-electron chi connectivity index (χ1n) is 19.0. The summed E-state index contributed by atoms with van der Waals surface area (Å²) in [5.41, 5.74) is 8.33. The van der Waals surface area contributed by atoms with E-state index in [9.17, 15) is 4.79 Å². The van der Waals surface area contributed by atoms with E-state index in [1.807, 2.05) is 0 Å². The fourth-order valence-electron chi connectivity index (χ4n) is 7.58. The zero-order valence-electron chi connectivity index (χ0n) is 30.6. The normalized spacial score (nSPS) is 11.8. The summed E-state index contributed by atoms with van der Waals surface area (Å²) in [4.78, 5) is 14.6. The Bertz CT molecular complexity index is 1930. The van der Waals surface area contributed by atoms with Crippen molar-refractivity contribution in [2.75, 3.05) is 13.2 Å². The second-order valence-corrected chi connectivity index (χ2v) is 14.1. The van der Waals surface area contributed by atoms with E-state index in [1.165, 1.54) is 106 Å². The Hall–Kier alpha value is -4.35. The molecule has 0 radical (unpaired) electrons. The van der Waals surface area contributed by atoms with Crippen LogP contribution in [0.1, 0.15) is 89.7 Å². The average Bonchev–Trinajstić information content (AvgIpc) is 3.61. The summed E-state index contributed by atoms with van der Waals surface area (Å²) in [7, 11) is 0. The van der Waals surface area contributed by atoms with E-state index in [1.54, 1.807) is 6.92 Å². The molecule has 0 atom stereocenters. The minimum Gasteiger partial charge on any atom is -0.462 e. The number of hydrogen-bond acceptors (Lipinski definition) is 3. The van der Waals surface area contributed by atoms with E-state index in [4.69, 9.17) is 4.74 Å². The third-order valence-electron chi connectivity index (χ3n) is 10.2.